The van der Waals surface area contributed by atoms with Crippen molar-refractivity contribution in [2.75, 3.05) is 27.4 Å². The minimum atomic E-state index is -0.717. The number of methoxy groups -OCH3 is 1. The van der Waals surface area contributed by atoms with Crippen molar-refractivity contribution < 1.29 is 19.0 Å². The maximum Gasteiger partial charge on any atom is 0.314 e. The number of hydrogen-bond donors (Lipinski definition) is 1. The van der Waals surface area contributed by atoms with Crippen LogP contribution in [0.25, 0.3) is 0 Å². The second kappa shape index (κ2) is 7.88. The van der Waals surface area contributed by atoms with E-state index in [9.17, 15) is 4.79 Å². The number of hydrogen-bond acceptors (Lipinski definition) is 5. The van der Waals surface area contributed by atoms with Crippen molar-refractivity contribution in [3.8, 4) is 11.5 Å². The van der Waals surface area contributed by atoms with E-state index in [1.807, 2.05) is 32.2 Å². The van der Waals surface area contributed by atoms with Gasteiger partial charge < -0.3 is 19.5 Å². The number of nitrogens with one attached hydrogen (secondary N) is 1. The fourth-order valence-electron chi connectivity index (χ4n) is 1.91. The molecule has 0 fully saturated rings. The minimum absolute atomic E-state index is 0.223. The summed E-state index contributed by atoms with van der Waals surface area (Å²) in [7, 11) is 3.25. The zero-order valence-electron chi connectivity index (χ0n) is 13.5. The summed E-state index contributed by atoms with van der Waals surface area (Å²) >= 11 is 0. The van der Waals surface area contributed by atoms with Gasteiger partial charge in [0.15, 0.2) is 11.5 Å². The highest BCUT2D eigenvalue weighted by molar-refractivity contribution is 5.75. The van der Waals surface area contributed by atoms with E-state index in [1.165, 1.54) is 7.11 Å². The Bertz CT molecular complexity index is 447. The van der Waals surface area contributed by atoms with E-state index in [-0.39, 0.29) is 12.6 Å². The molecule has 1 rings (SSSR count). The molecule has 0 saturated carbocycles. The molecule has 0 heterocycles. The van der Waals surface area contributed by atoms with Crippen LogP contribution in [-0.4, -0.2) is 33.3 Å². The predicted molar refractivity (Wildman–Crippen MR) is 81.7 cm³/mol. The second-order valence-corrected chi connectivity index (χ2v) is 5.37. The summed E-state index contributed by atoms with van der Waals surface area (Å²) in [6.07, 6.45) is 0. The minimum Gasteiger partial charge on any atom is -0.490 e. The molecule has 118 valence electrons. The molecule has 0 saturated heterocycles. The van der Waals surface area contributed by atoms with Gasteiger partial charge in [-0.2, -0.15) is 0 Å². The first kappa shape index (κ1) is 17.3. The van der Waals surface area contributed by atoms with Gasteiger partial charge in [0.05, 0.1) is 19.1 Å². The predicted octanol–water partition coefficient (Wildman–Crippen LogP) is 2.38. The summed E-state index contributed by atoms with van der Waals surface area (Å²) in [4.78, 5) is 11.7. The van der Waals surface area contributed by atoms with Crippen LogP contribution in [0.15, 0.2) is 18.2 Å². The van der Waals surface area contributed by atoms with Gasteiger partial charge in [-0.1, -0.05) is 12.1 Å². The van der Waals surface area contributed by atoms with Gasteiger partial charge in [0.1, 0.15) is 6.61 Å². The zero-order chi connectivity index (χ0) is 15.9. The molecular weight excluding hydrogens is 270 g/mol. The molecular formula is C16H25NO4. The van der Waals surface area contributed by atoms with E-state index in [0.717, 1.165) is 5.56 Å². The highest BCUT2D eigenvalue weighted by atomic mass is 16.5. The molecule has 1 N–H and O–H groups in total. The number of ether oxygens (including phenoxy) is 3. The smallest absolute Gasteiger partial charge is 0.314 e. The molecule has 21 heavy (non-hydrogen) atoms. The zero-order valence-corrected chi connectivity index (χ0v) is 13.5. The maximum atomic E-state index is 11.7. The highest BCUT2D eigenvalue weighted by Gasteiger charge is 2.30. The topological polar surface area (TPSA) is 56.8 Å². The van der Waals surface area contributed by atoms with E-state index < -0.39 is 5.41 Å². The average molecular weight is 295 g/mol. The molecule has 0 amide bonds. The normalized spacial score (nSPS) is 11.1. The van der Waals surface area contributed by atoms with Crippen molar-refractivity contribution >= 4 is 5.97 Å². The summed E-state index contributed by atoms with van der Waals surface area (Å²) in [6.45, 7) is 6.95. The molecule has 5 heteroatoms. The van der Waals surface area contributed by atoms with Crippen molar-refractivity contribution in [2.45, 2.75) is 27.3 Å². The molecule has 0 spiro atoms. The van der Waals surface area contributed by atoms with Gasteiger partial charge >= 0.3 is 5.97 Å². The Morgan fingerprint density at radius 3 is 2.57 bits per heavy atom. The van der Waals surface area contributed by atoms with Crippen LogP contribution in [0.2, 0.25) is 0 Å². The summed E-state index contributed by atoms with van der Waals surface area (Å²) in [5.74, 6) is 1.06. The Morgan fingerprint density at radius 2 is 2.00 bits per heavy atom. The summed E-state index contributed by atoms with van der Waals surface area (Å²) in [6, 6.07) is 5.76. The third-order valence-electron chi connectivity index (χ3n) is 3.04. The largest absolute Gasteiger partial charge is 0.490 e. The molecule has 1 aromatic carbocycles. The van der Waals surface area contributed by atoms with Crippen LogP contribution in [0.1, 0.15) is 26.3 Å². The van der Waals surface area contributed by atoms with Gasteiger partial charge in [-0.05, 0) is 33.9 Å². The summed E-state index contributed by atoms with van der Waals surface area (Å²) < 4.78 is 16.3. The molecule has 0 atom stereocenters. The van der Waals surface area contributed by atoms with E-state index in [4.69, 9.17) is 14.2 Å². The Balaban J connectivity index is 2.96. The van der Waals surface area contributed by atoms with Crippen molar-refractivity contribution in [2.24, 2.45) is 5.41 Å². The van der Waals surface area contributed by atoms with Gasteiger partial charge in [0.2, 0.25) is 0 Å². The number of carbonyl (C=O) groups excluding carboxylic acids is 1. The van der Waals surface area contributed by atoms with Crippen LogP contribution < -0.4 is 14.8 Å². The Morgan fingerprint density at radius 1 is 1.29 bits per heavy atom. The number of esters is 1. The number of benzene rings is 1. The van der Waals surface area contributed by atoms with Crippen molar-refractivity contribution in [1.29, 1.82) is 0 Å². The SMILES string of the molecule is CCOc1cccc(CNC)c1OCC(C)(C)C(=O)OC. The second-order valence-electron chi connectivity index (χ2n) is 5.37. The van der Waals surface area contributed by atoms with Crippen molar-refractivity contribution in [3.05, 3.63) is 23.8 Å². The van der Waals surface area contributed by atoms with E-state index >= 15 is 0 Å². The first-order valence-electron chi connectivity index (χ1n) is 7.06. The molecule has 0 aliphatic rings. The van der Waals surface area contributed by atoms with E-state index in [1.54, 1.807) is 13.8 Å². The monoisotopic (exact) mass is 295 g/mol. The van der Waals surface area contributed by atoms with Gasteiger partial charge in [-0.25, -0.2) is 0 Å². The quantitative estimate of drug-likeness (QED) is 0.746. The average Bonchev–Trinajstić information content (AvgIpc) is 2.46. The molecule has 0 unspecified atom stereocenters. The molecule has 1 aromatic rings. The molecule has 5 nitrogen and oxygen atoms in total. The fraction of sp³-hybridized carbons (Fsp3) is 0.562. The Hall–Kier alpha value is -1.75. The molecule has 0 aromatic heterocycles. The van der Waals surface area contributed by atoms with Gasteiger partial charge in [-0.3, -0.25) is 4.79 Å². The van der Waals surface area contributed by atoms with Gasteiger partial charge in [-0.15, -0.1) is 0 Å². The maximum absolute atomic E-state index is 11.7. The molecule has 0 bridgehead atoms. The summed E-state index contributed by atoms with van der Waals surface area (Å²) in [5, 5.41) is 3.10. The molecule has 0 aliphatic carbocycles. The number of rotatable bonds is 8. The van der Waals surface area contributed by atoms with Crippen LogP contribution in [-0.2, 0) is 16.1 Å². The van der Waals surface area contributed by atoms with Gasteiger partial charge in [0.25, 0.3) is 0 Å². The van der Waals surface area contributed by atoms with Crippen LogP contribution >= 0.6 is 0 Å². The lowest BCUT2D eigenvalue weighted by molar-refractivity contribution is -0.152. The van der Waals surface area contributed by atoms with Crippen molar-refractivity contribution in [3.63, 3.8) is 0 Å². The van der Waals surface area contributed by atoms with E-state index in [0.29, 0.717) is 24.7 Å². The lowest BCUT2D eigenvalue weighted by Crippen LogP contribution is -2.32. The Labute approximate surface area is 126 Å². The first-order chi connectivity index (χ1) is 9.96. The molecule has 0 aliphatic heterocycles. The number of carbonyl (C=O) groups is 1. The van der Waals surface area contributed by atoms with Crippen molar-refractivity contribution in [1.82, 2.24) is 5.32 Å². The molecule has 0 radical (unpaired) electrons. The van der Waals surface area contributed by atoms with Crippen LogP contribution in [0.3, 0.4) is 0 Å². The fourth-order valence-corrected chi connectivity index (χ4v) is 1.91. The van der Waals surface area contributed by atoms with Gasteiger partial charge in [0, 0.05) is 12.1 Å². The first-order valence-corrected chi connectivity index (χ1v) is 7.06. The van der Waals surface area contributed by atoms with E-state index in [2.05, 4.69) is 5.32 Å². The third kappa shape index (κ3) is 4.63. The lowest BCUT2D eigenvalue weighted by Gasteiger charge is -2.23. The van der Waals surface area contributed by atoms with Crippen LogP contribution in [0.5, 0.6) is 11.5 Å². The summed E-state index contributed by atoms with van der Waals surface area (Å²) in [5.41, 5.74) is 0.273. The van der Waals surface area contributed by atoms with Crippen LogP contribution in [0, 0.1) is 5.41 Å². The third-order valence-corrected chi connectivity index (χ3v) is 3.04. The number of para-hydroxylation sites is 1. The van der Waals surface area contributed by atoms with Crippen LogP contribution in [0.4, 0.5) is 0 Å². The highest BCUT2D eigenvalue weighted by Crippen LogP contribution is 2.33. The standard InChI is InChI=1S/C16H25NO4/c1-6-20-13-9-7-8-12(10-17-4)14(13)21-11-16(2,3)15(18)19-5/h7-9,17H,6,10-11H2,1-5H3. The lowest BCUT2D eigenvalue weighted by atomic mass is 9.95. The Kier molecular flexibility index (Phi) is 6.49.